The Hall–Kier alpha value is -4.18. The van der Waals surface area contributed by atoms with E-state index < -0.39 is 21.5 Å². The molecule has 180 valence electrons. The lowest BCUT2D eigenvalue weighted by molar-refractivity contribution is 0.0950. The average Bonchev–Trinajstić information content (AvgIpc) is 3.06. The highest BCUT2D eigenvalue weighted by atomic mass is 32.2. The van der Waals surface area contributed by atoms with Gasteiger partial charge in [0.05, 0.1) is 16.3 Å². The maximum absolute atomic E-state index is 13.2. The predicted molar refractivity (Wildman–Crippen MR) is 133 cm³/mol. The Morgan fingerprint density at radius 1 is 1.03 bits per heavy atom. The van der Waals surface area contributed by atoms with Crippen molar-refractivity contribution in [2.24, 2.45) is 7.05 Å². The quantitative estimate of drug-likeness (QED) is 0.413. The van der Waals surface area contributed by atoms with Gasteiger partial charge < -0.3 is 5.32 Å². The minimum atomic E-state index is -4.15. The molecule has 0 saturated heterocycles. The number of hydrogen-bond acceptors (Lipinski definition) is 5. The van der Waals surface area contributed by atoms with Crippen LogP contribution < -0.4 is 15.6 Å². The number of nitrogens with zero attached hydrogens (tertiary/aromatic N) is 3. The summed E-state index contributed by atoms with van der Waals surface area (Å²) in [4.78, 5) is 29.8. The highest BCUT2D eigenvalue weighted by Gasteiger charge is 2.24. The first kappa shape index (κ1) is 24.0. The van der Waals surface area contributed by atoms with Crippen LogP contribution in [0.1, 0.15) is 27.2 Å². The summed E-state index contributed by atoms with van der Waals surface area (Å²) in [6.45, 7) is 3.64. The number of amides is 1. The van der Waals surface area contributed by atoms with Crippen molar-refractivity contribution < 1.29 is 13.2 Å². The highest BCUT2D eigenvalue weighted by Crippen LogP contribution is 2.21. The molecule has 10 heteroatoms. The van der Waals surface area contributed by atoms with Crippen molar-refractivity contribution in [2.45, 2.75) is 25.3 Å². The van der Waals surface area contributed by atoms with Crippen LogP contribution in [0.25, 0.3) is 5.69 Å². The first-order chi connectivity index (χ1) is 16.7. The Labute approximate surface area is 203 Å². The van der Waals surface area contributed by atoms with Gasteiger partial charge in [-0.2, -0.15) is 0 Å². The van der Waals surface area contributed by atoms with Crippen LogP contribution in [0.5, 0.6) is 0 Å². The minimum absolute atomic E-state index is 0.0560. The molecule has 35 heavy (non-hydrogen) atoms. The number of carbonyl (C=O) groups is 1. The summed E-state index contributed by atoms with van der Waals surface area (Å²) in [6.07, 6.45) is 3.28. The molecule has 0 saturated carbocycles. The fourth-order valence-corrected chi connectivity index (χ4v) is 4.81. The van der Waals surface area contributed by atoms with Gasteiger partial charge in [0, 0.05) is 31.5 Å². The van der Waals surface area contributed by atoms with Crippen molar-refractivity contribution >= 4 is 21.6 Å². The first-order valence-electron chi connectivity index (χ1n) is 10.8. The molecule has 1 amide bonds. The normalized spacial score (nSPS) is 11.3. The van der Waals surface area contributed by atoms with Crippen LogP contribution in [0.3, 0.4) is 0 Å². The Bertz CT molecular complexity index is 1540. The summed E-state index contributed by atoms with van der Waals surface area (Å²) in [5, 5.41) is 2.78. The lowest BCUT2D eigenvalue weighted by Crippen LogP contribution is -2.25. The number of hydrogen-bond donors (Lipinski definition) is 2. The molecule has 2 heterocycles. The Balaban J connectivity index is 1.63. The molecule has 0 radical (unpaired) electrons. The molecule has 0 aliphatic heterocycles. The Morgan fingerprint density at radius 3 is 2.46 bits per heavy atom. The molecule has 2 aromatic carbocycles. The largest absolute Gasteiger partial charge is 0.348 e. The zero-order valence-corrected chi connectivity index (χ0v) is 20.3. The van der Waals surface area contributed by atoms with E-state index in [4.69, 9.17) is 0 Å². The van der Waals surface area contributed by atoms with E-state index in [0.29, 0.717) is 16.9 Å². The number of rotatable bonds is 7. The van der Waals surface area contributed by atoms with Crippen molar-refractivity contribution in [1.82, 2.24) is 19.7 Å². The van der Waals surface area contributed by atoms with Crippen molar-refractivity contribution in [2.75, 3.05) is 4.72 Å². The molecule has 4 aromatic rings. The number of benzene rings is 2. The van der Waals surface area contributed by atoms with Gasteiger partial charge in [-0.15, -0.1) is 0 Å². The number of anilines is 1. The molecule has 0 atom stereocenters. The van der Waals surface area contributed by atoms with E-state index in [9.17, 15) is 18.0 Å². The van der Waals surface area contributed by atoms with E-state index in [2.05, 4.69) is 15.0 Å². The van der Waals surface area contributed by atoms with Gasteiger partial charge in [-0.05, 0) is 55.3 Å². The summed E-state index contributed by atoms with van der Waals surface area (Å²) >= 11 is 0. The van der Waals surface area contributed by atoms with E-state index in [-0.39, 0.29) is 22.7 Å². The molecule has 0 aliphatic carbocycles. The van der Waals surface area contributed by atoms with Gasteiger partial charge in [-0.25, -0.2) is 13.1 Å². The monoisotopic (exact) mass is 491 g/mol. The molecule has 9 nitrogen and oxygen atoms in total. The summed E-state index contributed by atoms with van der Waals surface area (Å²) in [6, 6.07) is 16.8. The number of aryl methyl sites for hydroxylation is 1. The number of nitrogens with one attached hydrogen (secondary N) is 2. The third-order valence-electron chi connectivity index (χ3n) is 5.73. The molecule has 4 rings (SSSR count). The van der Waals surface area contributed by atoms with E-state index in [1.807, 2.05) is 12.1 Å². The summed E-state index contributed by atoms with van der Waals surface area (Å²) in [5.74, 6) is -0.411. The summed E-state index contributed by atoms with van der Waals surface area (Å²) < 4.78 is 31.8. The van der Waals surface area contributed by atoms with Crippen molar-refractivity contribution in [1.29, 1.82) is 0 Å². The maximum atomic E-state index is 13.2. The third kappa shape index (κ3) is 4.87. The van der Waals surface area contributed by atoms with E-state index >= 15 is 0 Å². The van der Waals surface area contributed by atoms with Gasteiger partial charge in [-0.1, -0.05) is 30.3 Å². The second-order valence-electron chi connectivity index (χ2n) is 8.06. The van der Waals surface area contributed by atoms with Crippen LogP contribution in [-0.2, 0) is 23.6 Å². The van der Waals surface area contributed by atoms with Crippen molar-refractivity contribution in [3.05, 3.63) is 106 Å². The Kier molecular flexibility index (Phi) is 6.57. The van der Waals surface area contributed by atoms with Gasteiger partial charge in [0.2, 0.25) is 0 Å². The number of carbonyl (C=O) groups excluding carboxylic acids is 1. The zero-order chi connectivity index (χ0) is 25.2. The molecule has 2 aromatic heterocycles. The molecular formula is C25H25N5O4S. The van der Waals surface area contributed by atoms with Crippen LogP contribution in [0.4, 0.5) is 5.69 Å². The molecule has 0 fully saturated rings. The second-order valence-corrected chi connectivity index (χ2v) is 9.75. The van der Waals surface area contributed by atoms with E-state index in [1.165, 1.54) is 16.8 Å². The van der Waals surface area contributed by atoms with Crippen molar-refractivity contribution in [3.8, 4) is 5.69 Å². The van der Waals surface area contributed by atoms with Gasteiger partial charge in [0.15, 0.2) is 0 Å². The molecule has 0 unspecified atom stereocenters. The van der Waals surface area contributed by atoms with Crippen LogP contribution in [0.15, 0.2) is 82.7 Å². The lowest BCUT2D eigenvalue weighted by Gasteiger charge is -2.11. The third-order valence-corrected chi connectivity index (χ3v) is 7.08. The summed E-state index contributed by atoms with van der Waals surface area (Å²) in [5.41, 5.74) is 2.16. The molecular weight excluding hydrogens is 466 g/mol. The number of pyridine rings is 1. The first-order valence-corrected chi connectivity index (χ1v) is 12.3. The second kappa shape index (κ2) is 9.59. The van der Waals surface area contributed by atoms with E-state index in [0.717, 1.165) is 5.56 Å². The predicted octanol–water partition coefficient (Wildman–Crippen LogP) is 2.92. The zero-order valence-electron chi connectivity index (χ0n) is 19.5. The maximum Gasteiger partial charge on any atom is 0.296 e. The molecule has 0 bridgehead atoms. The molecule has 0 aliphatic rings. The topological polar surface area (TPSA) is 115 Å². The van der Waals surface area contributed by atoms with Gasteiger partial charge in [0.25, 0.3) is 21.5 Å². The number of sulfonamides is 1. The van der Waals surface area contributed by atoms with Crippen LogP contribution in [-0.4, -0.2) is 28.7 Å². The highest BCUT2D eigenvalue weighted by molar-refractivity contribution is 7.92. The molecule has 2 N–H and O–H groups in total. The van der Waals surface area contributed by atoms with Crippen LogP contribution in [0.2, 0.25) is 0 Å². The number of aromatic nitrogens is 3. The smallest absolute Gasteiger partial charge is 0.296 e. The standard InChI is InChI=1S/C25H25N5O4S/c1-17-11-12-21(14-22(17)24(31)27-16-19-8-7-13-26-15-19)35(33,34)28-23-18(2)29(3)30(25(23)32)20-9-5-4-6-10-20/h4-15,28H,16H2,1-3H3,(H,27,31). The SMILES string of the molecule is Cc1ccc(S(=O)(=O)Nc2c(C)n(C)n(-c3ccccc3)c2=O)cc1C(=O)NCc1cccnc1. The fraction of sp³-hybridized carbons (Fsp3) is 0.160. The van der Waals surface area contributed by atoms with Crippen molar-refractivity contribution in [3.63, 3.8) is 0 Å². The van der Waals surface area contributed by atoms with Gasteiger partial charge >= 0.3 is 0 Å². The fourth-order valence-electron chi connectivity index (χ4n) is 3.67. The number of para-hydroxylation sites is 1. The average molecular weight is 492 g/mol. The van der Waals surface area contributed by atoms with Gasteiger partial charge in [0.1, 0.15) is 5.69 Å². The van der Waals surface area contributed by atoms with Crippen LogP contribution in [0, 0.1) is 13.8 Å². The Morgan fingerprint density at radius 2 is 1.77 bits per heavy atom. The molecule has 0 spiro atoms. The minimum Gasteiger partial charge on any atom is -0.348 e. The van der Waals surface area contributed by atoms with E-state index in [1.54, 1.807) is 74.4 Å². The van der Waals surface area contributed by atoms with Gasteiger partial charge in [-0.3, -0.25) is 24.0 Å². The summed E-state index contributed by atoms with van der Waals surface area (Å²) in [7, 11) is -2.47. The van der Waals surface area contributed by atoms with Crippen LogP contribution >= 0.6 is 0 Å². The lowest BCUT2D eigenvalue weighted by atomic mass is 10.1.